The zero-order valence-electron chi connectivity index (χ0n) is 8.64. The minimum Gasteiger partial charge on any atom is -0.377 e. The predicted molar refractivity (Wildman–Crippen MR) is 55.9 cm³/mol. The van der Waals surface area contributed by atoms with Crippen LogP contribution in [0.3, 0.4) is 0 Å². The minimum absolute atomic E-state index is 0.853. The van der Waals surface area contributed by atoms with Gasteiger partial charge in [0.15, 0.2) is 0 Å². The van der Waals surface area contributed by atoms with Crippen molar-refractivity contribution in [2.45, 2.75) is 32.6 Å². The number of ether oxygens (including phenoxy) is 1. The highest BCUT2D eigenvalue weighted by Crippen LogP contribution is 2.05. The van der Waals surface area contributed by atoms with Crippen LogP contribution in [0.1, 0.15) is 32.6 Å². The van der Waals surface area contributed by atoms with Crippen LogP contribution in [0.2, 0.25) is 0 Å². The van der Waals surface area contributed by atoms with Gasteiger partial charge in [0.25, 0.3) is 0 Å². The normalized spacial score (nSPS) is 17.2. The molecule has 0 radical (unpaired) electrons. The van der Waals surface area contributed by atoms with Crippen molar-refractivity contribution in [1.82, 2.24) is 5.32 Å². The van der Waals surface area contributed by atoms with E-state index in [1.807, 2.05) is 0 Å². The van der Waals surface area contributed by atoms with E-state index in [4.69, 9.17) is 4.74 Å². The van der Waals surface area contributed by atoms with Gasteiger partial charge < -0.3 is 10.1 Å². The second-order valence-electron chi connectivity index (χ2n) is 3.58. The number of unbranched alkanes of at least 4 members (excludes halogenated alkanes) is 2. The Morgan fingerprint density at radius 3 is 3.08 bits per heavy atom. The van der Waals surface area contributed by atoms with Gasteiger partial charge in [0.2, 0.25) is 0 Å². The van der Waals surface area contributed by atoms with Crippen molar-refractivity contribution >= 4 is 0 Å². The predicted octanol–water partition coefficient (Wildman–Crippen LogP) is 2.11. The molecule has 2 heteroatoms. The summed E-state index contributed by atoms with van der Waals surface area (Å²) in [6.45, 7) is 6.14. The van der Waals surface area contributed by atoms with Gasteiger partial charge in [-0.05, 0) is 25.0 Å². The molecule has 0 amide bonds. The van der Waals surface area contributed by atoms with Crippen molar-refractivity contribution in [2.24, 2.45) is 0 Å². The Morgan fingerprint density at radius 1 is 1.46 bits per heavy atom. The van der Waals surface area contributed by atoms with Crippen LogP contribution in [0.15, 0.2) is 11.6 Å². The maximum Gasteiger partial charge on any atom is 0.0677 e. The minimum atomic E-state index is 0.853. The van der Waals surface area contributed by atoms with Gasteiger partial charge >= 0.3 is 0 Å². The molecule has 1 aliphatic heterocycles. The highest BCUT2D eigenvalue weighted by atomic mass is 16.5. The Balaban J connectivity index is 1.95. The SMILES string of the molecule is CCCCCOCC1=CCNCC1. The topological polar surface area (TPSA) is 21.3 Å². The lowest BCUT2D eigenvalue weighted by molar-refractivity contribution is 0.149. The Hall–Kier alpha value is -0.340. The maximum atomic E-state index is 5.58. The van der Waals surface area contributed by atoms with E-state index >= 15 is 0 Å². The van der Waals surface area contributed by atoms with Crippen molar-refractivity contribution in [1.29, 1.82) is 0 Å². The summed E-state index contributed by atoms with van der Waals surface area (Å²) < 4.78 is 5.58. The van der Waals surface area contributed by atoms with Gasteiger partial charge in [-0.2, -0.15) is 0 Å². The Labute approximate surface area is 81.4 Å². The van der Waals surface area contributed by atoms with Crippen LogP contribution < -0.4 is 5.32 Å². The summed E-state index contributed by atoms with van der Waals surface area (Å²) in [6, 6.07) is 0. The smallest absolute Gasteiger partial charge is 0.0677 e. The number of rotatable bonds is 6. The number of hydrogen-bond acceptors (Lipinski definition) is 2. The zero-order valence-corrected chi connectivity index (χ0v) is 8.64. The van der Waals surface area contributed by atoms with Gasteiger partial charge in [0.1, 0.15) is 0 Å². The van der Waals surface area contributed by atoms with Crippen molar-refractivity contribution < 1.29 is 4.74 Å². The first kappa shape index (κ1) is 10.7. The summed E-state index contributed by atoms with van der Waals surface area (Å²) >= 11 is 0. The summed E-state index contributed by atoms with van der Waals surface area (Å²) in [5, 5.41) is 3.29. The molecular weight excluding hydrogens is 162 g/mol. The van der Waals surface area contributed by atoms with Crippen LogP contribution in [0.25, 0.3) is 0 Å². The fourth-order valence-corrected chi connectivity index (χ4v) is 1.46. The van der Waals surface area contributed by atoms with E-state index in [0.29, 0.717) is 0 Å². The molecule has 1 rings (SSSR count). The lowest BCUT2D eigenvalue weighted by atomic mass is 10.1. The molecule has 0 spiro atoms. The molecular formula is C11H21NO. The summed E-state index contributed by atoms with van der Waals surface area (Å²) in [7, 11) is 0. The molecule has 0 unspecified atom stereocenters. The van der Waals surface area contributed by atoms with Crippen molar-refractivity contribution in [3.05, 3.63) is 11.6 Å². The monoisotopic (exact) mass is 183 g/mol. The molecule has 0 bridgehead atoms. The van der Waals surface area contributed by atoms with Crippen molar-refractivity contribution in [3.8, 4) is 0 Å². The van der Waals surface area contributed by atoms with E-state index in [0.717, 1.165) is 32.7 Å². The average molecular weight is 183 g/mol. The van der Waals surface area contributed by atoms with Crippen molar-refractivity contribution in [3.63, 3.8) is 0 Å². The molecule has 76 valence electrons. The molecule has 13 heavy (non-hydrogen) atoms. The summed E-state index contributed by atoms with van der Waals surface area (Å²) in [6.07, 6.45) is 7.19. The molecule has 0 saturated heterocycles. The summed E-state index contributed by atoms with van der Waals surface area (Å²) in [5.74, 6) is 0. The molecule has 0 aliphatic carbocycles. The van der Waals surface area contributed by atoms with Crippen LogP contribution in [0.4, 0.5) is 0 Å². The highest BCUT2D eigenvalue weighted by molar-refractivity contribution is 5.06. The molecule has 0 fully saturated rings. The van der Waals surface area contributed by atoms with E-state index in [1.54, 1.807) is 0 Å². The largest absolute Gasteiger partial charge is 0.377 e. The van der Waals surface area contributed by atoms with E-state index in [2.05, 4.69) is 18.3 Å². The first-order valence-electron chi connectivity index (χ1n) is 5.40. The lowest BCUT2D eigenvalue weighted by Crippen LogP contribution is -2.22. The van der Waals surface area contributed by atoms with Crippen LogP contribution in [0, 0.1) is 0 Å². The van der Waals surface area contributed by atoms with Gasteiger partial charge in [-0.3, -0.25) is 0 Å². The number of hydrogen-bond donors (Lipinski definition) is 1. The molecule has 1 heterocycles. The van der Waals surface area contributed by atoms with Crippen molar-refractivity contribution in [2.75, 3.05) is 26.3 Å². The fraction of sp³-hybridized carbons (Fsp3) is 0.818. The number of nitrogens with one attached hydrogen (secondary N) is 1. The quantitative estimate of drug-likeness (QED) is 0.503. The third kappa shape index (κ3) is 5.06. The molecule has 1 N–H and O–H groups in total. The van der Waals surface area contributed by atoms with Crippen LogP contribution in [-0.4, -0.2) is 26.3 Å². The molecule has 1 aliphatic rings. The van der Waals surface area contributed by atoms with Gasteiger partial charge in [0, 0.05) is 13.2 Å². The molecule has 0 saturated carbocycles. The summed E-state index contributed by atoms with van der Waals surface area (Å²) in [5.41, 5.74) is 1.47. The lowest BCUT2D eigenvalue weighted by Gasteiger charge is -2.13. The average Bonchev–Trinajstić information content (AvgIpc) is 2.19. The molecule has 0 atom stereocenters. The van der Waals surface area contributed by atoms with Crippen LogP contribution in [-0.2, 0) is 4.74 Å². The Kier molecular flexibility index (Phi) is 5.87. The molecule has 0 aromatic carbocycles. The van der Waals surface area contributed by atoms with E-state index in [9.17, 15) is 0 Å². The van der Waals surface area contributed by atoms with E-state index in [1.165, 1.54) is 24.8 Å². The summed E-state index contributed by atoms with van der Waals surface area (Å²) in [4.78, 5) is 0. The van der Waals surface area contributed by atoms with Gasteiger partial charge in [-0.25, -0.2) is 0 Å². The molecule has 0 aromatic heterocycles. The zero-order chi connectivity index (χ0) is 9.36. The van der Waals surface area contributed by atoms with E-state index in [-0.39, 0.29) is 0 Å². The fourth-order valence-electron chi connectivity index (χ4n) is 1.46. The highest BCUT2D eigenvalue weighted by Gasteiger charge is 2.01. The van der Waals surface area contributed by atoms with Crippen LogP contribution in [0.5, 0.6) is 0 Å². The first-order valence-corrected chi connectivity index (χ1v) is 5.40. The van der Waals surface area contributed by atoms with E-state index < -0.39 is 0 Å². The van der Waals surface area contributed by atoms with Crippen LogP contribution >= 0.6 is 0 Å². The van der Waals surface area contributed by atoms with Gasteiger partial charge in [-0.15, -0.1) is 0 Å². The first-order chi connectivity index (χ1) is 6.43. The molecule has 2 nitrogen and oxygen atoms in total. The van der Waals surface area contributed by atoms with Gasteiger partial charge in [-0.1, -0.05) is 25.8 Å². The Morgan fingerprint density at radius 2 is 2.38 bits per heavy atom. The third-order valence-electron chi connectivity index (χ3n) is 2.34. The second-order valence-corrected chi connectivity index (χ2v) is 3.58. The maximum absolute atomic E-state index is 5.58. The Bertz CT molecular complexity index is 154. The standard InChI is InChI=1S/C11H21NO/c1-2-3-4-9-13-10-11-5-7-12-8-6-11/h5,12H,2-4,6-10H2,1H3. The molecule has 0 aromatic rings. The van der Waals surface area contributed by atoms with Gasteiger partial charge in [0.05, 0.1) is 6.61 Å². The second kappa shape index (κ2) is 7.10. The third-order valence-corrected chi connectivity index (χ3v) is 2.34.